The first-order valence-electron chi connectivity index (χ1n) is 9.43. The first-order chi connectivity index (χ1) is 15.5. The summed E-state index contributed by atoms with van der Waals surface area (Å²) in [6, 6.07) is 12.7. The average Bonchev–Trinajstić information content (AvgIpc) is 3.16. The number of aromatic nitrogens is 3. The number of anilines is 1. The number of fused-ring (bicyclic) bond motifs is 2. The van der Waals surface area contributed by atoms with Crippen LogP contribution < -0.4 is 16.6 Å². The Balaban J connectivity index is 0.000000383. The number of aromatic amines is 2. The van der Waals surface area contributed by atoms with Gasteiger partial charge in [0.1, 0.15) is 11.4 Å². The standard InChI is InChI=1S/C19H17N5O2.C2HF3O2/c1-10-12-4-2-3-5-13(12)24-19(26)17(10)18(25)21-11-6-7-14-15(8-11)23-16(9-20)22-14;3-2(4,5)1(6)7/h2-8H,9,20H2,1H3,(H,21,25)(H,22,23)(H,24,26);(H,6,7). The molecule has 4 rings (SSSR count). The van der Waals surface area contributed by atoms with E-state index in [1.54, 1.807) is 25.1 Å². The zero-order valence-electron chi connectivity index (χ0n) is 17.1. The topological polar surface area (TPSA) is 154 Å². The van der Waals surface area contributed by atoms with Crippen LogP contribution in [0.4, 0.5) is 18.9 Å². The lowest BCUT2D eigenvalue weighted by Crippen LogP contribution is -2.25. The van der Waals surface area contributed by atoms with Gasteiger partial charge in [0.15, 0.2) is 0 Å². The van der Waals surface area contributed by atoms with Crippen LogP contribution in [0, 0.1) is 6.92 Å². The molecule has 172 valence electrons. The van der Waals surface area contributed by atoms with E-state index in [0.717, 1.165) is 16.4 Å². The number of alkyl halides is 3. The molecule has 2 aromatic heterocycles. The monoisotopic (exact) mass is 461 g/mol. The predicted octanol–water partition coefficient (Wildman–Crippen LogP) is 3.06. The molecule has 0 aliphatic heterocycles. The quantitative estimate of drug-likeness (QED) is 0.316. The summed E-state index contributed by atoms with van der Waals surface area (Å²) >= 11 is 0. The number of benzene rings is 2. The van der Waals surface area contributed by atoms with Crippen LogP contribution in [0.5, 0.6) is 0 Å². The molecule has 0 unspecified atom stereocenters. The highest BCUT2D eigenvalue weighted by atomic mass is 19.4. The van der Waals surface area contributed by atoms with Gasteiger partial charge in [-0.2, -0.15) is 13.2 Å². The van der Waals surface area contributed by atoms with Gasteiger partial charge >= 0.3 is 12.1 Å². The van der Waals surface area contributed by atoms with Crippen LogP contribution in [-0.4, -0.2) is 38.1 Å². The molecule has 0 spiro atoms. The Morgan fingerprint density at radius 1 is 1.12 bits per heavy atom. The zero-order chi connectivity index (χ0) is 24.3. The number of aliphatic carboxylic acids is 1. The van der Waals surface area contributed by atoms with Crippen LogP contribution in [-0.2, 0) is 11.3 Å². The Hall–Kier alpha value is -4.19. The normalized spacial score (nSPS) is 11.2. The van der Waals surface area contributed by atoms with Gasteiger partial charge in [-0.25, -0.2) is 9.78 Å². The molecule has 0 radical (unpaired) electrons. The summed E-state index contributed by atoms with van der Waals surface area (Å²) in [5, 5.41) is 10.8. The molecule has 0 aliphatic carbocycles. The maximum atomic E-state index is 12.7. The van der Waals surface area contributed by atoms with Crippen LogP contribution in [0.25, 0.3) is 21.9 Å². The number of rotatable bonds is 3. The van der Waals surface area contributed by atoms with Gasteiger partial charge in [-0.05, 0) is 36.8 Å². The van der Waals surface area contributed by atoms with Crippen LogP contribution in [0.2, 0.25) is 0 Å². The molecule has 4 aromatic rings. The third-order valence-electron chi connectivity index (χ3n) is 4.63. The number of halogens is 3. The Bertz CT molecular complexity index is 1410. The fourth-order valence-corrected chi connectivity index (χ4v) is 3.11. The number of carboxylic acids is 1. The van der Waals surface area contributed by atoms with Crippen LogP contribution in [0.3, 0.4) is 0 Å². The van der Waals surface area contributed by atoms with Crippen molar-refractivity contribution in [2.75, 3.05) is 5.32 Å². The van der Waals surface area contributed by atoms with E-state index in [2.05, 4.69) is 20.3 Å². The molecule has 2 aromatic carbocycles. The number of amides is 1. The number of nitrogens with zero attached hydrogens (tertiary/aromatic N) is 1. The van der Waals surface area contributed by atoms with E-state index >= 15 is 0 Å². The Kier molecular flexibility index (Phi) is 6.49. The largest absolute Gasteiger partial charge is 0.490 e. The number of nitrogens with two attached hydrogens (primary N) is 1. The molecule has 0 atom stereocenters. The van der Waals surface area contributed by atoms with Crippen LogP contribution in [0.1, 0.15) is 21.7 Å². The lowest BCUT2D eigenvalue weighted by atomic mass is 10.0. The number of carbonyl (C=O) groups is 2. The molecule has 1 amide bonds. The van der Waals surface area contributed by atoms with Crippen LogP contribution in [0.15, 0.2) is 47.3 Å². The highest BCUT2D eigenvalue weighted by molar-refractivity contribution is 6.08. The molecule has 0 aliphatic rings. The number of imidazole rings is 1. The highest BCUT2D eigenvalue weighted by Crippen LogP contribution is 2.20. The van der Waals surface area contributed by atoms with Crippen molar-refractivity contribution in [3.63, 3.8) is 0 Å². The second-order valence-corrected chi connectivity index (χ2v) is 6.88. The molecular weight excluding hydrogens is 443 g/mol. The Morgan fingerprint density at radius 2 is 1.79 bits per heavy atom. The zero-order valence-corrected chi connectivity index (χ0v) is 17.1. The number of hydrogen-bond acceptors (Lipinski definition) is 5. The SMILES string of the molecule is Cc1c(C(=O)Nc2ccc3nc(CN)[nH]c3c2)c(=O)[nH]c2ccccc12.O=C(O)C(F)(F)F. The lowest BCUT2D eigenvalue weighted by molar-refractivity contribution is -0.192. The second-order valence-electron chi connectivity index (χ2n) is 6.88. The van der Waals surface area contributed by atoms with E-state index in [-0.39, 0.29) is 5.56 Å². The average molecular weight is 461 g/mol. The summed E-state index contributed by atoms with van der Waals surface area (Å²) in [6.07, 6.45) is -5.08. The van der Waals surface area contributed by atoms with E-state index in [1.165, 1.54) is 0 Å². The van der Waals surface area contributed by atoms with Gasteiger partial charge in [-0.15, -0.1) is 0 Å². The fraction of sp³-hybridized carbons (Fsp3) is 0.143. The van der Waals surface area contributed by atoms with E-state index in [9.17, 15) is 22.8 Å². The number of aryl methyl sites for hydroxylation is 1. The highest BCUT2D eigenvalue weighted by Gasteiger charge is 2.38. The third kappa shape index (κ3) is 5.18. The number of H-pyrrole nitrogens is 2. The molecule has 9 nitrogen and oxygen atoms in total. The molecule has 0 saturated carbocycles. The first-order valence-corrected chi connectivity index (χ1v) is 9.43. The van der Waals surface area contributed by atoms with Gasteiger partial charge in [-0.1, -0.05) is 18.2 Å². The summed E-state index contributed by atoms with van der Waals surface area (Å²) in [5.41, 5.74) is 8.75. The molecule has 33 heavy (non-hydrogen) atoms. The molecule has 6 N–H and O–H groups in total. The molecule has 0 fully saturated rings. The van der Waals surface area contributed by atoms with Gasteiger partial charge in [-0.3, -0.25) is 9.59 Å². The van der Waals surface area contributed by atoms with Crippen molar-refractivity contribution >= 4 is 39.5 Å². The summed E-state index contributed by atoms with van der Waals surface area (Å²) in [6.45, 7) is 2.08. The van der Waals surface area contributed by atoms with Gasteiger partial charge in [0, 0.05) is 16.6 Å². The number of hydrogen-bond donors (Lipinski definition) is 5. The first kappa shape index (κ1) is 23.5. The number of carboxylic acid groups (broad SMARTS) is 1. The van der Waals surface area contributed by atoms with E-state index in [0.29, 0.717) is 29.1 Å². The lowest BCUT2D eigenvalue weighted by Gasteiger charge is -2.09. The summed E-state index contributed by atoms with van der Waals surface area (Å²) in [7, 11) is 0. The Morgan fingerprint density at radius 3 is 2.42 bits per heavy atom. The van der Waals surface area contributed by atoms with E-state index < -0.39 is 23.6 Å². The maximum Gasteiger partial charge on any atom is 0.490 e. The summed E-state index contributed by atoms with van der Waals surface area (Å²) in [5.74, 6) is -2.54. The van der Waals surface area contributed by atoms with Crippen LogP contribution >= 0.6 is 0 Å². The number of para-hydroxylation sites is 1. The second kappa shape index (κ2) is 9.12. The minimum atomic E-state index is -5.08. The minimum Gasteiger partial charge on any atom is -0.475 e. The number of pyridine rings is 1. The Labute approximate surface area is 183 Å². The summed E-state index contributed by atoms with van der Waals surface area (Å²) in [4.78, 5) is 44.2. The third-order valence-corrected chi connectivity index (χ3v) is 4.63. The smallest absolute Gasteiger partial charge is 0.475 e. The molecule has 2 heterocycles. The predicted molar refractivity (Wildman–Crippen MR) is 115 cm³/mol. The van der Waals surface area contributed by atoms with Gasteiger partial charge in [0.25, 0.3) is 11.5 Å². The van der Waals surface area contributed by atoms with Crippen molar-refractivity contribution in [1.29, 1.82) is 0 Å². The van der Waals surface area contributed by atoms with E-state index in [1.807, 2.05) is 24.3 Å². The van der Waals surface area contributed by atoms with Crippen molar-refractivity contribution in [3.8, 4) is 0 Å². The van der Waals surface area contributed by atoms with Crippen molar-refractivity contribution < 1.29 is 27.9 Å². The molecule has 12 heteroatoms. The molecule has 0 saturated heterocycles. The molecule has 0 bridgehead atoms. The van der Waals surface area contributed by atoms with E-state index in [4.69, 9.17) is 15.6 Å². The van der Waals surface area contributed by atoms with Crippen molar-refractivity contribution in [2.24, 2.45) is 5.73 Å². The van der Waals surface area contributed by atoms with Crippen molar-refractivity contribution in [1.82, 2.24) is 15.0 Å². The number of nitrogens with one attached hydrogen (secondary N) is 3. The molecular formula is C21H18F3N5O4. The fourth-order valence-electron chi connectivity index (χ4n) is 3.11. The summed E-state index contributed by atoms with van der Waals surface area (Å²) < 4.78 is 31.7. The van der Waals surface area contributed by atoms with Crippen molar-refractivity contribution in [2.45, 2.75) is 19.6 Å². The van der Waals surface area contributed by atoms with Gasteiger partial charge in [0.05, 0.1) is 17.6 Å². The van der Waals surface area contributed by atoms with Crippen molar-refractivity contribution in [3.05, 3.63) is 69.8 Å². The minimum absolute atomic E-state index is 0.107. The number of carbonyl (C=O) groups excluding carboxylic acids is 1. The van der Waals surface area contributed by atoms with Gasteiger partial charge in [0.2, 0.25) is 0 Å². The maximum absolute atomic E-state index is 12.7. The van der Waals surface area contributed by atoms with Gasteiger partial charge < -0.3 is 26.1 Å².